The second-order valence-electron chi connectivity index (χ2n) is 5.69. The number of sulfonamides is 1. The molecule has 3 rings (SSSR count). The summed E-state index contributed by atoms with van der Waals surface area (Å²) in [5, 5.41) is 5.36. The number of ether oxygens (including phenoxy) is 1. The Morgan fingerprint density at radius 3 is 2.32 bits per heavy atom. The number of primary sulfonamides is 1. The number of nitrogens with two attached hydrogens (primary N) is 1. The van der Waals surface area contributed by atoms with Crippen molar-refractivity contribution in [3.05, 3.63) is 59.2 Å². The molecule has 3 aromatic rings. The van der Waals surface area contributed by atoms with Crippen molar-refractivity contribution >= 4 is 48.5 Å². The molecule has 0 atom stereocenters. The van der Waals surface area contributed by atoms with Crippen molar-refractivity contribution in [1.29, 1.82) is 0 Å². The molecule has 0 aliphatic heterocycles. The quantitative estimate of drug-likeness (QED) is 0.604. The third-order valence-electron chi connectivity index (χ3n) is 3.87. The minimum atomic E-state index is -4.51. The molecule has 0 aliphatic carbocycles. The summed E-state index contributed by atoms with van der Waals surface area (Å²) in [7, 11) is -8.87. The summed E-state index contributed by atoms with van der Waals surface area (Å²) >= 11 is 5.96. The van der Waals surface area contributed by atoms with Gasteiger partial charge >= 0.3 is 5.97 Å². The first-order chi connectivity index (χ1) is 13.1. The van der Waals surface area contributed by atoms with Crippen LogP contribution >= 0.6 is 11.6 Å². The lowest BCUT2D eigenvalue weighted by Gasteiger charge is -2.12. The first-order valence-corrected chi connectivity index (χ1v) is 11.3. The maximum atomic E-state index is 13.3. The second-order valence-corrected chi connectivity index (χ2v) is 9.41. The summed E-state index contributed by atoms with van der Waals surface area (Å²) in [4.78, 5) is 11.8. The van der Waals surface area contributed by atoms with E-state index in [1.165, 1.54) is 49.4 Å². The Labute approximate surface area is 166 Å². The van der Waals surface area contributed by atoms with Crippen LogP contribution < -0.4 is 5.14 Å². The largest absolute Gasteiger partial charge is 0.461 e. The number of aromatic nitrogens is 1. The number of nitrogens with zero attached hydrogens (tertiary/aromatic N) is 1. The number of hydrogen-bond acceptors (Lipinski definition) is 6. The number of carbonyl (C=O) groups is 1. The number of halogens is 1. The van der Waals surface area contributed by atoms with Gasteiger partial charge in [-0.2, -0.15) is 0 Å². The normalized spacial score (nSPS) is 12.2. The van der Waals surface area contributed by atoms with Crippen LogP contribution in [-0.2, 0) is 24.8 Å². The van der Waals surface area contributed by atoms with Gasteiger partial charge in [0.2, 0.25) is 10.0 Å². The topological polar surface area (TPSA) is 126 Å². The van der Waals surface area contributed by atoms with E-state index in [0.717, 1.165) is 0 Å². The van der Waals surface area contributed by atoms with Gasteiger partial charge in [-0.05, 0) is 37.3 Å². The molecule has 1 heterocycles. The van der Waals surface area contributed by atoms with Crippen LogP contribution in [-0.4, -0.2) is 33.4 Å². The Kier molecular flexibility index (Phi) is 5.24. The van der Waals surface area contributed by atoms with E-state index in [9.17, 15) is 21.6 Å². The van der Waals surface area contributed by atoms with Crippen LogP contribution in [0.3, 0.4) is 0 Å². The number of fused-ring (bicyclic) bond motifs is 1. The first-order valence-electron chi connectivity index (χ1n) is 7.93. The van der Waals surface area contributed by atoms with E-state index in [2.05, 4.69) is 0 Å². The van der Waals surface area contributed by atoms with Gasteiger partial charge in [0.15, 0.2) is 5.69 Å². The molecule has 28 heavy (non-hydrogen) atoms. The molecule has 2 N–H and O–H groups in total. The molecule has 11 heteroatoms. The zero-order valence-electron chi connectivity index (χ0n) is 14.5. The highest BCUT2D eigenvalue weighted by atomic mass is 35.5. The lowest BCUT2D eigenvalue weighted by atomic mass is 10.2. The maximum Gasteiger partial charge on any atom is 0.357 e. The fraction of sp³-hybridized carbons (Fsp3) is 0.118. The van der Waals surface area contributed by atoms with Gasteiger partial charge in [-0.1, -0.05) is 29.8 Å². The molecule has 0 unspecified atom stereocenters. The molecule has 8 nitrogen and oxygen atoms in total. The van der Waals surface area contributed by atoms with Crippen molar-refractivity contribution in [3.63, 3.8) is 0 Å². The second kappa shape index (κ2) is 7.21. The molecule has 1 aromatic heterocycles. The Balaban J connectivity index is 2.56. The smallest absolute Gasteiger partial charge is 0.357 e. The summed E-state index contributed by atoms with van der Waals surface area (Å²) < 4.78 is 56.7. The number of carbonyl (C=O) groups excluding carboxylic acids is 1. The van der Waals surface area contributed by atoms with Crippen LogP contribution in [0.15, 0.2) is 58.3 Å². The monoisotopic (exact) mass is 442 g/mol. The average molecular weight is 443 g/mol. The van der Waals surface area contributed by atoms with Crippen molar-refractivity contribution in [2.24, 2.45) is 5.14 Å². The zero-order valence-corrected chi connectivity index (χ0v) is 16.9. The van der Waals surface area contributed by atoms with Gasteiger partial charge in [-0.3, -0.25) is 0 Å². The van der Waals surface area contributed by atoms with E-state index < -0.39 is 36.6 Å². The molecule has 148 valence electrons. The molecule has 2 aromatic carbocycles. The fourth-order valence-electron chi connectivity index (χ4n) is 2.82. The fourth-order valence-corrected chi connectivity index (χ4v) is 5.50. The minimum Gasteiger partial charge on any atom is -0.461 e. The first kappa shape index (κ1) is 20.3. The summed E-state index contributed by atoms with van der Waals surface area (Å²) in [5.41, 5.74) is -0.772. The maximum absolute atomic E-state index is 13.3. The van der Waals surface area contributed by atoms with Gasteiger partial charge in [-0.25, -0.2) is 30.7 Å². The molecule has 0 radical (unpaired) electrons. The third kappa shape index (κ3) is 3.39. The van der Waals surface area contributed by atoms with Crippen molar-refractivity contribution in [3.8, 4) is 0 Å². The van der Waals surface area contributed by atoms with Gasteiger partial charge in [0.1, 0.15) is 4.90 Å². The number of hydrogen-bond donors (Lipinski definition) is 1. The van der Waals surface area contributed by atoms with Crippen molar-refractivity contribution < 1.29 is 26.4 Å². The van der Waals surface area contributed by atoms with Crippen LogP contribution in [0.5, 0.6) is 0 Å². The van der Waals surface area contributed by atoms with E-state index in [1.54, 1.807) is 6.07 Å². The molecule has 0 aliphatic rings. The minimum absolute atomic E-state index is 0.0691. The van der Waals surface area contributed by atoms with Gasteiger partial charge in [0.25, 0.3) is 10.0 Å². The van der Waals surface area contributed by atoms with Crippen LogP contribution in [0.25, 0.3) is 10.9 Å². The van der Waals surface area contributed by atoms with Crippen molar-refractivity contribution in [1.82, 2.24) is 3.97 Å². The highest BCUT2D eigenvalue weighted by Crippen LogP contribution is 2.35. The number of rotatable bonds is 5. The zero-order chi connectivity index (χ0) is 20.7. The summed E-state index contributed by atoms with van der Waals surface area (Å²) in [5.74, 6) is -1.14. The molecule has 0 saturated carbocycles. The Morgan fingerprint density at radius 2 is 1.75 bits per heavy atom. The van der Waals surface area contributed by atoms with E-state index >= 15 is 0 Å². The van der Waals surface area contributed by atoms with E-state index in [-0.39, 0.29) is 27.4 Å². The van der Waals surface area contributed by atoms with E-state index in [1.807, 2.05) is 0 Å². The van der Waals surface area contributed by atoms with E-state index in [0.29, 0.717) is 3.97 Å². The highest BCUT2D eigenvalue weighted by Gasteiger charge is 2.35. The predicted molar refractivity (Wildman–Crippen MR) is 103 cm³/mol. The van der Waals surface area contributed by atoms with Crippen molar-refractivity contribution in [2.75, 3.05) is 6.61 Å². The summed E-state index contributed by atoms with van der Waals surface area (Å²) in [6, 6.07) is 11.2. The molecular formula is C17H15ClN2O6S2. The summed E-state index contributed by atoms with van der Waals surface area (Å²) in [6.45, 7) is 1.40. The van der Waals surface area contributed by atoms with Gasteiger partial charge in [0, 0.05) is 10.4 Å². The van der Waals surface area contributed by atoms with Gasteiger partial charge in [-0.15, -0.1) is 0 Å². The molecular weight excluding hydrogens is 428 g/mol. The van der Waals surface area contributed by atoms with E-state index in [4.69, 9.17) is 21.5 Å². The Hall–Kier alpha value is -2.40. The SMILES string of the molecule is CCOC(=O)c1c(S(N)(=O)=O)c2cc(Cl)ccc2n1S(=O)(=O)c1ccccc1. The third-order valence-corrected chi connectivity index (χ3v) is 6.82. The molecule has 0 amide bonds. The number of benzene rings is 2. The molecule has 0 spiro atoms. The van der Waals surface area contributed by atoms with Crippen LogP contribution in [0.1, 0.15) is 17.4 Å². The molecule has 0 fully saturated rings. The Morgan fingerprint density at radius 1 is 1.11 bits per heavy atom. The average Bonchev–Trinajstić information content (AvgIpc) is 2.98. The lowest BCUT2D eigenvalue weighted by molar-refractivity contribution is 0.0514. The highest BCUT2D eigenvalue weighted by molar-refractivity contribution is 7.91. The van der Waals surface area contributed by atoms with Crippen LogP contribution in [0.2, 0.25) is 5.02 Å². The Bertz CT molecular complexity index is 1280. The molecule has 0 bridgehead atoms. The summed E-state index contributed by atoms with van der Waals surface area (Å²) in [6.07, 6.45) is 0. The van der Waals surface area contributed by atoms with Gasteiger partial charge < -0.3 is 4.74 Å². The number of esters is 1. The van der Waals surface area contributed by atoms with Crippen LogP contribution in [0.4, 0.5) is 0 Å². The lowest BCUT2D eigenvalue weighted by Crippen LogP contribution is -2.23. The predicted octanol–water partition coefficient (Wildman–Crippen LogP) is 2.36. The molecule has 0 saturated heterocycles. The van der Waals surface area contributed by atoms with Crippen LogP contribution in [0, 0.1) is 0 Å². The van der Waals surface area contributed by atoms with Crippen molar-refractivity contribution in [2.45, 2.75) is 16.7 Å². The standard InChI is InChI=1S/C17H15ClN2O6S2/c1-2-26-17(21)15-16(27(19,22)23)13-10-11(18)8-9-14(13)20(15)28(24,25)12-6-4-3-5-7-12/h3-10H,2H2,1H3,(H2,19,22,23). The van der Waals surface area contributed by atoms with Gasteiger partial charge in [0.05, 0.1) is 17.0 Å².